The average molecular weight is 506 g/mol. The molecule has 2 aliphatic heterocycles. The Morgan fingerprint density at radius 1 is 1.23 bits per heavy atom. The number of benzene rings is 1. The van der Waals surface area contributed by atoms with E-state index in [1.54, 1.807) is 4.90 Å². The zero-order chi connectivity index (χ0) is 25.1. The van der Waals surface area contributed by atoms with Crippen molar-refractivity contribution in [3.8, 4) is 0 Å². The van der Waals surface area contributed by atoms with Gasteiger partial charge in [-0.3, -0.25) is 4.79 Å². The molecular formula is C24H39BN4O5S. The number of nitrogens with one attached hydrogen (secondary N) is 2. The maximum atomic E-state index is 12.6. The third kappa shape index (κ3) is 6.31. The number of imidazole rings is 1. The van der Waals surface area contributed by atoms with Crippen LogP contribution in [0.3, 0.4) is 0 Å². The number of amides is 2. The molecule has 0 saturated carbocycles. The van der Waals surface area contributed by atoms with E-state index in [0.29, 0.717) is 6.54 Å². The second kappa shape index (κ2) is 11.7. The molecule has 2 aliphatic rings. The first-order chi connectivity index (χ1) is 16.0. The topological polar surface area (TPSA) is 106 Å². The number of carbonyl (C=O) groups excluding carboxylic acids is 2. The van der Waals surface area contributed by atoms with Gasteiger partial charge in [0, 0.05) is 6.54 Å². The van der Waals surface area contributed by atoms with Crippen molar-refractivity contribution in [1.29, 1.82) is 0 Å². The molecule has 2 saturated heterocycles. The Bertz CT molecular complexity index is 1010. The monoisotopic (exact) mass is 506 g/mol. The Morgan fingerprint density at radius 3 is 2.46 bits per heavy atom. The van der Waals surface area contributed by atoms with Crippen LogP contribution in [0.1, 0.15) is 72.7 Å². The maximum absolute atomic E-state index is 12.6. The number of hydrogen-bond donors (Lipinski definition) is 2. The number of likely N-dealkylation sites (tertiary alicyclic amines) is 1. The molecule has 1 aromatic carbocycles. The number of alkyl carbamates (subject to hydrolysis) is 1. The lowest BCUT2D eigenvalue weighted by Crippen LogP contribution is -2.41. The number of fused-ring (bicyclic) bond motifs is 1. The fourth-order valence-corrected chi connectivity index (χ4v) is 4.00. The van der Waals surface area contributed by atoms with Gasteiger partial charge in [-0.2, -0.15) is 13.5 Å². The SMILES string of the molecule is CCC.COC(=O)NCC(=O)N1CCCC1c1nc2ccc(B3OC(C)(C)C(C)(C)O3)cc2[nH]1.S. The zero-order valence-corrected chi connectivity index (χ0v) is 22.9. The fourth-order valence-electron chi connectivity index (χ4n) is 4.00. The van der Waals surface area contributed by atoms with Gasteiger partial charge in [-0.15, -0.1) is 0 Å². The number of ether oxygens (including phenoxy) is 1. The van der Waals surface area contributed by atoms with Crippen LogP contribution in [0, 0.1) is 0 Å². The van der Waals surface area contributed by atoms with E-state index in [0.717, 1.165) is 35.2 Å². The van der Waals surface area contributed by atoms with Crippen LogP contribution in [0.5, 0.6) is 0 Å². The smallest absolute Gasteiger partial charge is 0.453 e. The van der Waals surface area contributed by atoms with Gasteiger partial charge in [0.15, 0.2) is 0 Å². The first kappa shape index (κ1) is 29.0. The van der Waals surface area contributed by atoms with Crippen LogP contribution in [0.4, 0.5) is 4.79 Å². The van der Waals surface area contributed by atoms with Crippen LogP contribution < -0.4 is 10.8 Å². The summed E-state index contributed by atoms with van der Waals surface area (Å²) in [6.07, 6.45) is 2.32. The van der Waals surface area contributed by atoms with Crippen molar-refractivity contribution in [3.05, 3.63) is 24.0 Å². The normalized spacial score (nSPS) is 20.1. The first-order valence-electron chi connectivity index (χ1n) is 12.0. The Kier molecular flexibility index (Phi) is 9.67. The van der Waals surface area contributed by atoms with E-state index in [4.69, 9.17) is 14.3 Å². The molecule has 0 aliphatic carbocycles. The van der Waals surface area contributed by atoms with E-state index in [1.165, 1.54) is 13.5 Å². The largest absolute Gasteiger partial charge is 0.494 e. The molecule has 0 radical (unpaired) electrons. The molecule has 2 fully saturated rings. The van der Waals surface area contributed by atoms with E-state index >= 15 is 0 Å². The Morgan fingerprint density at radius 2 is 1.86 bits per heavy atom. The highest BCUT2D eigenvalue weighted by Crippen LogP contribution is 2.37. The van der Waals surface area contributed by atoms with Crippen molar-refractivity contribution in [3.63, 3.8) is 0 Å². The Hall–Kier alpha value is -2.24. The highest BCUT2D eigenvalue weighted by Gasteiger charge is 2.51. The summed E-state index contributed by atoms with van der Waals surface area (Å²) in [4.78, 5) is 33.7. The average Bonchev–Trinajstić information content (AvgIpc) is 3.47. The standard InChI is InChI=1S/C21H29BN4O5.C3H8.H2S/c1-20(2)21(3,4)31-22(30-20)13-8-9-14-15(11-13)25-18(24-14)16-7-6-10-26(16)17(27)12-23-19(28)29-5;1-3-2;/h8-9,11,16H,6-7,10,12H2,1-5H3,(H,23,28)(H,24,25);3H2,1-2H3;1H2. The van der Waals surface area contributed by atoms with Crippen molar-refractivity contribution in [2.75, 3.05) is 20.2 Å². The molecule has 1 atom stereocenters. The summed E-state index contributed by atoms with van der Waals surface area (Å²) in [6, 6.07) is 5.75. The molecule has 35 heavy (non-hydrogen) atoms. The molecule has 3 heterocycles. The van der Waals surface area contributed by atoms with Crippen LogP contribution in [0.15, 0.2) is 18.2 Å². The lowest BCUT2D eigenvalue weighted by Gasteiger charge is -2.32. The summed E-state index contributed by atoms with van der Waals surface area (Å²) >= 11 is 0. The van der Waals surface area contributed by atoms with Crippen molar-refractivity contribution in [2.24, 2.45) is 0 Å². The van der Waals surface area contributed by atoms with Gasteiger partial charge in [-0.05, 0) is 58.1 Å². The third-order valence-corrected chi connectivity index (χ3v) is 6.51. The number of aromatic nitrogens is 2. The van der Waals surface area contributed by atoms with E-state index in [1.807, 2.05) is 45.9 Å². The quantitative estimate of drug-likeness (QED) is 0.616. The van der Waals surface area contributed by atoms with Gasteiger partial charge >= 0.3 is 13.2 Å². The number of hydrogen-bond acceptors (Lipinski definition) is 6. The molecule has 2 N–H and O–H groups in total. The number of rotatable bonds is 4. The molecule has 11 heteroatoms. The summed E-state index contributed by atoms with van der Waals surface area (Å²) in [5.74, 6) is 0.580. The first-order valence-corrected chi connectivity index (χ1v) is 12.0. The third-order valence-electron chi connectivity index (χ3n) is 6.51. The molecule has 0 bridgehead atoms. The molecule has 0 spiro atoms. The van der Waals surface area contributed by atoms with Gasteiger partial charge in [0.05, 0.1) is 35.4 Å². The number of methoxy groups -OCH3 is 1. The number of nitrogens with zero attached hydrogens (tertiary/aromatic N) is 2. The Balaban J connectivity index is 0.00000103. The van der Waals surface area contributed by atoms with Gasteiger partial charge in [0.2, 0.25) is 5.91 Å². The van der Waals surface area contributed by atoms with Crippen molar-refractivity contribution < 1.29 is 23.6 Å². The fraction of sp³-hybridized carbons (Fsp3) is 0.625. The van der Waals surface area contributed by atoms with Gasteiger partial charge in [0.25, 0.3) is 0 Å². The molecule has 4 rings (SSSR count). The molecule has 1 unspecified atom stereocenters. The number of aromatic amines is 1. The summed E-state index contributed by atoms with van der Waals surface area (Å²) < 4.78 is 16.8. The van der Waals surface area contributed by atoms with E-state index < -0.39 is 24.4 Å². The minimum Gasteiger partial charge on any atom is -0.453 e. The minimum atomic E-state index is -0.622. The van der Waals surface area contributed by atoms with Crippen LogP contribution in [-0.2, 0) is 18.8 Å². The number of carbonyl (C=O) groups is 2. The second-order valence-electron chi connectivity index (χ2n) is 9.78. The van der Waals surface area contributed by atoms with Crippen molar-refractivity contribution >= 4 is 49.1 Å². The minimum absolute atomic E-state index is 0. The summed E-state index contributed by atoms with van der Waals surface area (Å²) in [5.41, 5.74) is 1.79. The highest BCUT2D eigenvalue weighted by atomic mass is 32.1. The van der Waals surface area contributed by atoms with E-state index in [9.17, 15) is 9.59 Å². The van der Waals surface area contributed by atoms with Crippen molar-refractivity contribution in [1.82, 2.24) is 20.2 Å². The molecule has 194 valence electrons. The van der Waals surface area contributed by atoms with Crippen LogP contribution in [0.2, 0.25) is 0 Å². The van der Waals surface area contributed by atoms with Gasteiger partial charge in [-0.25, -0.2) is 9.78 Å². The zero-order valence-electron chi connectivity index (χ0n) is 21.9. The molecule has 2 amide bonds. The van der Waals surface area contributed by atoms with E-state index in [-0.39, 0.29) is 32.0 Å². The molecule has 2 aromatic rings. The molecule has 1 aromatic heterocycles. The molecular weight excluding hydrogens is 467 g/mol. The number of H-pyrrole nitrogens is 1. The van der Waals surface area contributed by atoms with Gasteiger partial charge < -0.3 is 29.2 Å². The van der Waals surface area contributed by atoms with E-state index in [2.05, 4.69) is 28.9 Å². The van der Waals surface area contributed by atoms with Gasteiger partial charge in [0.1, 0.15) is 12.4 Å². The summed E-state index contributed by atoms with van der Waals surface area (Å²) in [5, 5.41) is 2.45. The van der Waals surface area contributed by atoms with Crippen LogP contribution in [-0.4, -0.2) is 65.4 Å². The lowest BCUT2D eigenvalue weighted by atomic mass is 9.79. The van der Waals surface area contributed by atoms with Crippen LogP contribution in [0.25, 0.3) is 11.0 Å². The predicted molar refractivity (Wildman–Crippen MR) is 142 cm³/mol. The maximum Gasteiger partial charge on any atom is 0.494 e. The predicted octanol–water partition coefficient (Wildman–Crippen LogP) is 3.41. The second-order valence-corrected chi connectivity index (χ2v) is 9.78. The summed E-state index contributed by atoms with van der Waals surface area (Å²) in [7, 11) is 0.820. The lowest BCUT2D eigenvalue weighted by molar-refractivity contribution is -0.131. The Labute approximate surface area is 215 Å². The van der Waals surface area contributed by atoms with Gasteiger partial charge in [-0.1, -0.05) is 26.3 Å². The van der Waals surface area contributed by atoms with Crippen LogP contribution >= 0.6 is 13.5 Å². The summed E-state index contributed by atoms with van der Waals surface area (Å²) in [6.45, 7) is 12.9. The highest BCUT2D eigenvalue weighted by molar-refractivity contribution is 7.59. The van der Waals surface area contributed by atoms with Crippen molar-refractivity contribution in [2.45, 2.75) is 78.0 Å². The molecule has 9 nitrogen and oxygen atoms in total.